The maximum Gasteiger partial charge on any atom is 0.127 e. The summed E-state index contributed by atoms with van der Waals surface area (Å²) < 4.78 is 6.34. The number of ether oxygens (including phenoxy) is 1. The maximum absolute atomic E-state index is 9.85. The van der Waals surface area contributed by atoms with Gasteiger partial charge in [0.25, 0.3) is 0 Å². The first-order chi connectivity index (χ1) is 11.2. The van der Waals surface area contributed by atoms with Gasteiger partial charge < -0.3 is 9.84 Å². The number of hydrogen-bond donors (Lipinski definition) is 1. The van der Waals surface area contributed by atoms with Gasteiger partial charge in [0.15, 0.2) is 0 Å². The topological polar surface area (TPSA) is 29.5 Å². The van der Waals surface area contributed by atoms with Crippen LogP contribution < -0.4 is 4.74 Å². The van der Waals surface area contributed by atoms with Crippen LogP contribution in [-0.4, -0.2) is 5.11 Å². The van der Waals surface area contributed by atoms with Gasteiger partial charge in [0.05, 0.1) is 0 Å². The average molecular weight is 304 g/mol. The summed E-state index contributed by atoms with van der Waals surface area (Å²) >= 11 is 0. The number of benzene rings is 2. The van der Waals surface area contributed by atoms with Crippen molar-refractivity contribution >= 4 is 0 Å². The molecule has 1 N–H and O–H groups in total. The van der Waals surface area contributed by atoms with Crippen LogP contribution in [-0.2, 0) is 0 Å². The van der Waals surface area contributed by atoms with E-state index in [0.29, 0.717) is 17.6 Å². The van der Waals surface area contributed by atoms with E-state index in [1.807, 2.05) is 12.1 Å². The lowest BCUT2D eigenvalue weighted by atomic mass is 9.80. The summed E-state index contributed by atoms with van der Waals surface area (Å²) in [6.07, 6.45) is 7.70. The number of aryl methyl sites for hydroxylation is 1. The molecule has 0 saturated heterocycles. The molecule has 2 aliphatic rings. The third-order valence-corrected chi connectivity index (χ3v) is 5.29. The Morgan fingerprint density at radius 3 is 2.65 bits per heavy atom. The Morgan fingerprint density at radius 2 is 1.91 bits per heavy atom. The molecule has 0 amide bonds. The molecule has 0 aromatic heterocycles. The molecule has 2 heteroatoms. The summed E-state index contributed by atoms with van der Waals surface area (Å²) in [5.74, 6) is 5.12. The molecule has 0 radical (unpaired) electrons. The highest BCUT2D eigenvalue weighted by molar-refractivity contribution is 5.46. The molecule has 4 rings (SSSR count). The first-order valence-electron chi connectivity index (χ1n) is 8.18. The number of rotatable bonds is 1. The van der Waals surface area contributed by atoms with Gasteiger partial charge in [-0.15, -0.1) is 12.3 Å². The van der Waals surface area contributed by atoms with Crippen molar-refractivity contribution in [3.8, 4) is 23.8 Å². The fraction of sp³-hybridized carbons (Fsp3) is 0.333. The number of fused-ring (bicyclic) bond motifs is 3. The van der Waals surface area contributed by atoms with Crippen LogP contribution in [0.5, 0.6) is 11.5 Å². The number of aromatic hydroxyl groups is 1. The molecule has 1 fully saturated rings. The number of terminal acetylenes is 1. The van der Waals surface area contributed by atoms with Gasteiger partial charge in [0.2, 0.25) is 0 Å². The molecule has 23 heavy (non-hydrogen) atoms. The van der Waals surface area contributed by atoms with Crippen LogP contribution in [0.15, 0.2) is 42.5 Å². The van der Waals surface area contributed by atoms with Crippen molar-refractivity contribution in [1.82, 2.24) is 0 Å². The van der Waals surface area contributed by atoms with Gasteiger partial charge in [-0.1, -0.05) is 29.8 Å². The van der Waals surface area contributed by atoms with Crippen LogP contribution in [0.1, 0.15) is 41.6 Å². The largest absolute Gasteiger partial charge is 0.508 e. The Bertz CT molecular complexity index is 769. The van der Waals surface area contributed by atoms with Gasteiger partial charge in [-0.05, 0) is 49.4 Å². The van der Waals surface area contributed by atoms with Gasteiger partial charge in [0, 0.05) is 17.4 Å². The van der Waals surface area contributed by atoms with E-state index in [-0.39, 0.29) is 12.0 Å². The molecular weight excluding hydrogens is 284 g/mol. The molecule has 0 bridgehead atoms. The molecule has 1 aliphatic carbocycles. The monoisotopic (exact) mass is 304 g/mol. The Labute approximate surface area is 137 Å². The molecule has 1 heterocycles. The molecule has 0 spiro atoms. The first-order valence-corrected chi connectivity index (χ1v) is 8.18. The zero-order chi connectivity index (χ0) is 16.0. The van der Waals surface area contributed by atoms with E-state index in [1.165, 1.54) is 11.1 Å². The minimum absolute atomic E-state index is 0.0380. The van der Waals surface area contributed by atoms with E-state index < -0.39 is 0 Å². The van der Waals surface area contributed by atoms with Crippen molar-refractivity contribution < 1.29 is 9.84 Å². The highest BCUT2D eigenvalue weighted by Crippen LogP contribution is 2.55. The Hall–Kier alpha value is -2.40. The van der Waals surface area contributed by atoms with Crippen LogP contribution in [0.2, 0.25) is 0 Å². The van der Waals surface area contributed by atoms with Crippen molar-refractivity contribution in [2.75, 3.05) is 0 Å². The normalized spacial score (nSPS) is 28.3. The molecule has 2 nitrogen and oxygen atoms in total. The third kappa shape index (κ3) is 2.37. The number of hydrogen-bond acceptors (Lipinski definition) is 2. The summed E-state index contributed by atoms with van der Waals surface area (Å²) in [5.41, 5.74) is 3.57. The first kappa shape index (κ1) is 14.2. The van der Waals surface area contributed by atoms with E-state index in [9.17, 15) is 5.11 Å². The minimum Gasteiger partial charge on any atom is -0.508 e. The smallest absolute Gasteiger partial charge is 0.127 e. The lowest BCUT2D eigenvalue weighted by Crippen LogP contribution is -2.26. The van der Waals surface area contributed by atoms with Gasteiger partial charge in [-0.3, -0.25) is 0 Å². The minimum atomic E-state index is 0.0380. The summed E-state index contributed by atoms with van der Waals surface area (Å²) in [6.45, 7) is 2.09. The summed E-state index contributed by atoms with van der Waals surface area (Å²) in [6, 6.07) is 14.0. The second-order valence-electron chi connectivity index (χ2n) is 6.78. The SMILES string of the molecule is C#CC1C[C@H]2[C@@H](C1)c1cc(O)ccc1O[C@H]2c1ccc(C)cc1. The van der Waals surface area contributed by atoms with Gasteiger partial charge in [-0.2, -0.15) is 0 Å². The number of phenolic OH excluding ortho intramolecular Hbond substituents is 1. The lowest BCUT2D eigenvalue weighted by Gasteiger charge is -2.36. The summed E-state index contributed by atoms with van der Waals surface area (Å²) in [7, 11) is 0. The Kier molecular flexibility index (Phi) is 3.31. The van der Waals surface area contributed by atoms with Crippen molar-refractivity contribution in [3.05, 3.63) is 59.2 Å². The van der Waals surface area contributed by atoms with Gasteiger partial charge >= 0.3 is 0 Å². The van der Waals surface area contributed by atoms with Crippen molar-refractivity contribution in [2.45, 2.75) is 31.8 Å². The highest BCUT2D eigenvalue weighted by atomic mass is 16.5. The lowest BCUT2D eigenvalue weighted by molar-refractivity contribution is 0.103. The van der Waals surface area contributed by atoms with Gasteiger partial charge in [0.1, 0.15) is 17.6 Å². The van der Waals surface area contributed by atoms with Crippen LogP contribution in [0.25, 0.3) is 0 Å². The van der Waals surface area contributed by atoms with E-state index in [4.69, 9.17) is 11.2 Å². The van der Waals surface area contributed by atoms with E-state index in [1.54, 1.807) is 6.07 Å². The molecule has 1 unspecified atom stereocenters. The molecule has 4 atom stereocenters. The zero-order valence-corrected chi connectivity index (χ0v) is 13.2. The average Bonchev–Trinajstić information content (AvgIpc) is 3.00. The number of phenols is 1. The molecule has 116 valence electrons. The van der Waals surface area contributed by atoms with E-state index in [2.05, 4.69) is 37.1 Å². The Morgan fingerprint density at radius 1 is 1.13 bits per heavy atom. The quantitative estimate of drug-likeness (QED) is 0.782. The van der Waals surface area contributed by atoms with Crippen LogP contribution >= 0.6 is 0 Å². The predicted molar refractivity (Wildman–Crippen MR) is 90.4 cm³/mol. The fourth-order valence-electron chi connectivity index (χ4n) is 4.13. The van der Waals surface area contributed by atoms with Gasteiger partial charge in [-0.25, -0.2) is 0 Å². The maximum atomic E-state index is 9.85. The van der Waals surface area contributed by atoms with Crippen LogP contribution in [0.3, 0.4) is 0 Å². The molecule has 1 aliphatic heterocycles. The van der Waals surface area contributed by atoms with Crippen molar-refractivity contribution in [2.24, 2.45) is 11.8 Å². The predicted octanol–water partition coefficient (Wildman–Crippen LogP) is 4.58. The van der Waals surface area contributed by atoms with Crippen LogP contribution in [0.4, 0.5) is 0 Å². The molecule has 2 aromatic rings. The second kappa shape index (κ2) is 5.35. The standard InChI is InChI=1S/C21H20O2/c1-3-14-10-17-18-12-16(22)8-9-20(18)23-21(19(17)11-14)15-6-4-13(2)5-7-15/h1,4-9,12,14,17,19,21-22H,10-11H2,2H3/t14?,17-,19-,21-/m0/s1. The molecule has 1 saturated carbocycles. The van der Waals surface area contributed by atoms with E-state index >= 15 is 0 Å². The Balaban J connectivity index is 1.78. The fourth-order valence-corrected chi connectivity index (χ4v) is 4.13. The van der Waals surface area contributed by atoms with Crippen molar-refractivity contribution in [1.29, 1.82) is 0 Å². The van der Waals surface area contributed by atoms with E-state index in [0.717, 1.165) is 24.2 Å². The van der Waals surface area contributed by atoms with Crippen LogP contribution in [0, 0.1) is 31.1 Å². The third-order valence-electron chi connectivity index (χ3n) is 5.29. The highest BCUT2D eigenvalue weighted by Gasteiger charge is 2.45. The van der Waals surface area contributed by atoms with Crippen molar-refractivity contribution in [3.63, 3.8) is 0 Å². The summed E-state index contributed by atoms with van der Waals surface area (Å²) in [5, 5.41) is 9.85. The summed E-state index contributed by atoms with van der Waals surface area (Å²) in [4.78, 5) is 0. The zero-order valence-electron chi connectivity index (χ0n) is 13.2. The second-order valence-corrected chi connectivity index (χ2v) is 6.78. The molecular formula is C21H20O2. The molecule has 2 aromatic carbocycles.